The summed E-state index contributed by atoms with van der Waals surface area (Å²) in [4.78, 5) is 6.59. The van der Waals surface area contributed by atoms with E-state index in [9.17, 15) is 5.11 Å². The highest BCUT2D eigenvalue weighted by molar-refractivity contribution is 5.44. The highest BCUT2D eigenvalue weighted by Crippen LogP contribution is 2.23. The summed E-state index contributed by atoms with van der Waals surface area (Å²) >= 11 is 0. The second-order valence-corrected chi connectivity index (χ2v) is 5.16. The van der Waals surface area contributed by atoms with Crippen LogP contribution in [-0.2, 0) is 6.54 Å². The van der Waals surface area contributed by atoms with Gasteiger partial charge in [0, 0.05) is 25.4 Å². The van der Waals surface area contributed by atoms with E-state index in [0.29, 0.717) is 6.42 Å². The zero-order valence-corrected chi connectivity index (χ0v) is 12.4. The van der Waals surface area contributed by atoms with Crippen LogP contribution < -0.4 is 4.90 Å². The number of anilines is 1. The van der Waals surface area contributed by atoms with Crippen molar-refractivity contribution in [3.8, 4) is 0 Å². The normalized spacial score (nSPS) is 12.2. The van der Waals surface area contributed by atoms with Gasteiger partial charge in [-0.05, 0) is 30.5 Å². The molecule has 0 saturated carbocycles. The first-order valence-corrected chi connectivity index (χ1v) is 7.01. The monoisotopic (exact) mass is 270 g/mol. The number of aliphatic hydroxyl groups excluding tert-OH is 1. The van der Waals surface area contributed by atoms with Gasteiger partial charge in [0.05, 0.1) is 6.10 Å². The molecule has 3 heteroatoms. The van der Waals surface area contributed by atoms with E-state index in [-0.39, 0.29) is 0 Å². The van der Waals surface area contributed by atoms with Crippen LogP contribution in [0.15, 0.2) is 42.6 Å². The van der Waals surface area contributed by atoms with Gasteiger partial charge in [0.2, 0.25) is 0 Å². The number of hydrogen-bond donors (Lipinski definition) is 1. The first-order chi connectivity index (χ1) is 9.61. The number of aryl methyl sites for hydroxylation is 1. The van der Waals surface area contributed by atoms with Gasteiger partial charge in [-0.25, -0.2) is 4.98 Å². The minimum absolute atomic E-state index is 0.420. The van der Waals surface area contributed by atoms with E-state index in [0.717, 1.165) is 23.5 Å². The fraction of sp³-hybridized carbons (Fsp3) is 0.353. The Morgan fingerprint density at radius 3 is 2.55 bits per heavy atom. The molecule has 1 N–H and O–H groups in total. The second-order valence-electron chi connectivity index (χ2n) is 5.16. The third kappa shape index (κ3) is 3.36. The Kier molecular flexibility index (Phi) is 4.74. The first kappa shape index (κ1) is 14.5. The van der Waals surface area contributed by atoms with Gasteiger partial charge >= 0.3 is 0 Å². The van der Waals surface area contributed by atoms with E-state index in [1.807, 2.05) is 45.2 Å². The zero-order chi connectivity index (χ0) is 14.5. The Morgan fingerprint density at radius 1 is 1.25 bits per heavy atom. The molecule has 0 unspecified atom stereocenters. The predicted molar refractivity (Wildman–Crippen MR) is 82.8 cm³/mol. The number of hydrogen-bond acceptors (Lipinski definition) is 3. The molecule has 1 aromatic heterocycles. The fourth-order valence-electron chi connectivity index (χ4n) is 2.27. The molecular weight excluding hydrogens is 248 g/mol. The molecule has 1 aromatic carbocycles. The SMILES string of the molecule is CC[C@H](O)c1cnc(N(C)Cc2ccccc2)cc1C. The summed E-state index contributed by atoms with van der Waals surface area (Å²) in [6.45, 7) is 4.82. The average Bonchev–Trinajstić information content (AvgIpc) is 2.47. The highest BCUT2D eigenvalue weighted by atomic mass is 16.3. The van der Waals surface area contributed by atoms with Gasteiger partial charge in [-0.1, -0.05) is 37.3 Å². The Balaban J connectivity index is 2.15. The molecule has 106 valence electrons. The maximum atomic E-state index is 9.92. The lowest BCUT2D eigenvalue weighted by molar-refractivity contribution is 0.172. The molecule has 0 radical (unpaired) electrons. The van der Waals surface area contributed by atoms with Crippen LogP contribution in [0.3, 0.4) is 0 Å². The van der Waals surface area contributed by atoms with Crippen molar-refractivity contribution in [1.29, 1.82) is 0 Å². The van der Waals surface area contributed by atoms with Crippen molar-refractivity contribution in [2.24, 2.45) is 0 Å². The summed E-state index contributed by atoms with van der Waals surface area (Å²) in [5.74, 6) is 0.929. The topological polar surface area (TPSA) is 36.4 Å². The molecule has 20 heavy (non-hydrogen) atoms. The summed E-state index contributed by atoms with van der Waals surface area (Å²) < 4.78 is 0. The van der Waals surface area contributed by atoms with Crippen LogP contribution in [0.25, 0.3) is 0 Å². The predicted octanol–water partition coefficient (Wildman–Crippen LogP) is 3.47. The van der Waals surface area contributed by atoms with Gasteiger partial charge in [0.15, 0.2) is 0 Å². The zero-order valence-electron chi connectivity index (χ0n) is 12.4. The third-order valence-electron chi connectivity index (χ3n) is 3.54. The van der Waals surface area contributed by atoms with Crippen molar-refractivity contribution in [3.63, 3.8) is 0 Å². The van der Waals surface area contributed by atoms with E-state index in [4.69, 9.17) is 0 Å². The van der Waals surface area contributed by atoms with Crippen molar-refractivity contribution in [1.82, 2.24) is 4.98 Å². The van der Waals surface area contributed by atoms with Crippen LogP contribution in [0.5, 0.6) is 0 Å². The molecule has 2 aromatic rings. The minimum Gasteiger partial charge on any atom is -0.388 e. The van der Waals surface area contributed by atoms with Gasteiger partial charge in [-0.2, -0.15) is 0 Å². The van der Waals surface area contributed by atoms with Crippen LogP contribution in [0.1, 0.15) is 36.1 Å². The van der Waals surface area contributed by atoms with E-state index >= 15 is 0 Å². The van der Waals surface area contributed by atoms with Crippen LogP contribution >= 0.6 is 0 Å². The van der Waals surface area contributed by atoms with Gasteiger partial charge in [0.25, 0.3) is 0 Å². The molecule has 0 amide bonds. The molecule has 0 aliphatic rings. The third-order valence-corrected chi connectivity index (χ3v) is 3.54. The van der Waals surface area contributed by atoms with Crippen LogP contribution in [0.2, 0.25) is 0 Å². The quantitative estimate of drug-likeness (QED) is 0.903. The molecule has 0 spiro atoms. The van der Waals surface area contributed by atoms with E-state index in [1.54, 1.807) is 6.20 Å². The van der Waals surface area contributed by atoms with Gasteiger partial charge in [-0.15, -0.1) is 0 Å². The van der Waals surface area contributed by atoms with Gasteiger partial charge < -0.3 is 10.0 Å². The molecule has 0 aliphatic carbocycles. The molecular formula is C17H22N2O. The minimum atomic E-state index is -0.420. The van der Waals surface area contributed by atoms with Gasteiger partial charge in [-0.3, -0.25) is 0 Å². The molecule has 3 nitrogen and oxygen atoms in total. The smallest absolute Gasteiger partial charge is 0.128 e. The van der Waals surface area contributed by atoms with Crippen LogP contribution in [0.4, 0.5) is 5.82 Å². The van der Waals surface area contributed by atoms with E-state index < -0.39 is 6.10 Å². The summed E-state index contributed by atoms with van der Waals surface area (Å²) in [6.07, 6.45) is 2.08. The van der Waals surface area contributed by atoms with Crippen LogP contribution in [-0.4, -0.2) is 17.1 Å². The van der Waals surface area contributed by atoms with Crippen LogP contribution in [0, 0.1) is 6.92 Å². The molecule has 0 aliphatic heterocycles. The Bertz CT molecular complexity index is 554. The summed E-state index contributed by atoms with van der Waals surface area (Å²) in [5, 5.41) is 9.92. The largest absolute Gasteiger partial charge is 0.388 e. The summed E-state index contributed by atoms with van der Waals surface area (Å²) in [6, 6.07) is 12.4. The molecule has 1 atom stereocenters. The molecule has 0 fully saturated rings. The Labute approximate surface area is 120 Å². The molecule has 0 saturated heterocycles. The van der Waals surface area contributed by atoms with Crippen molar-refractivity contribution in [2.75, 3.05) is 11.9 Å². The standard InChI is InChI=1S/C17H22N2O/c1-4-16(20)15-11-18-17(10-13(15)2)19(3)12-14-8-6-5-7-9-14/h5-11,16,20H,4,12H2,1-3H3/t16-/m0/s1. The number of pyridine rings is 1. The number of rotatable bonds is 5. The van der Waals surface area contributed by atoms with Crippen molar-refractivity contribution < 1.29 is 5.11 Å². The van der Waals surface area contributed by atoms with E-state index in [2.05, 4.69) is 22.0 Å². The number of benzene rings is 1. The second kappa shape index (κ2) is 6.53. The molecule has 1 heterocycles. The van der Waals surface area contributed by atoms with Crippen molar-refractivity contribution >= 4 is 5.82 Å². The Morgan fingerprint density at radius 2 is 1.95 bits per heavy atom. The average molecular weight is 270 g/mol. The maximum absolute atomic E-state index is 9.92. The Hall–Kier alpha value is -1.87. The van der Waals surface area contributed by atoms with Crippen molar-refractivity contribution in [3.05, 3.63) is 59.3 Å². The van der Waals surface area contributed by atoms with E-state index in [1.165, 1.54) is 5.56 Å². The maximum Gasteiger partial charge on any atom is 0.128 e. The lowest BCUT2D eigenvalue weighted by Gasteiger charge is -2.20. The first-order valence-electron chi connectivity index (χ1n) is 7.01. The number of aliphatic hydroxyl groups is 1. The van der Waals surface area contributed by atoms with Gasteiger partial charge in [0.1, 0.15) is 5.82 Å². The summed E-state index contributed by atoms with van der Waals surface area (Å²) in [5.41, 5.74) is 3.26. The highest BCUT2D eigenvalue weighted by Gasteiger charge is 2.11. The molecule has 0 bridgehead atoms. The van der Waals surface area contributed by atoms with Crippen molar-refractivity contribution in [2.45, 2.75) is 32.9 Å². The lowest BCUT2D eigenvalue weighted by atomic mass is 10.0. The number of nitrogens with zero attached hydrogens (tertiary/aromatic N) is 2. The number of aromatic nitrogens is 1. The fourth-order valence-corrected chi connectivity index (χ4v) is 2.27. The lowest BCUT2D eigenvalue weighted by Crippen LogP contribution is -2.18. The summed E-state index contributed by atoms with van der Waals surface area (Å²) in [7, 11) is 2.03. The molecule has 2 rings (SSSR count).